The van der Waals surface area contributed by atoms with E-state index in [-0.39, 0.29) is 11.9 Å². The van der Waals surface area contributed by atoms with Crippen LogP contribution in [0.1, 0.15) is 29.5 Å². The summed E-state index contributed by atoms with van der Waals surface area (Å²) in [6.45, 7) is 5.07. The number of aryl methyl sites for hydroxylation is 1. The summed E-state index contributed by atoms with van der Waals surface area (Å²) in [5.41, 5.74) is 4.04. The van der Waals surface area contributed by atoms with Crippen LogP contribution in [-0.4, -0.2) is 29.4 Å². The summed E-state index contributed by atoms with van der Waals surface area (Å²) in [5.74, 6) is -0.119. The Morgan fingerprint density at radius 2 is 1.85 bits per heavy atom. The summed E-state index contributed by atoms with van der Waals surface area (Å²) in [5, 5.41) is 5.91. The van der Waals surface area contributed by atoms with Crippen molar-refractivity contribution in [1.82, 2.24) is 10.2 Å². The van der Waals surface area contributed by atoms with Gasteiger partial charge in [-0.2, -0.15) is 0 Å². The van der Waals surface area contributed by atoms with Crippen molar-refractivity contribution >= 4 is 17.6 Å². The van der Waals surface area contributed by atoms with Crippen molar-refractivity contribution in [2.45, 2.75) is 39.3 Å². The highest BCUT2D eigenvalue weighted by Gasteiger charge is 2.34. The van der Waals surface area contributed by atoms with Gasteiger partial charge in [0.15, 0.2) is 0 Å². The molecule has 2 aromatic rings. The van der Waals surface area contributed by atoms with E-state index in [0.717, 1.165) is 28.8 Å². The quantitative estimate of drug-likeness (QED) is 0.884. The first kappa shape index (κ1) is 18.0. The van der Waals surface area contributed by atoms with Crippen molar-refractivity contribution < 1.29 is 9.59 Å². The zero-order chi connectivity index (χ0) is 18.5. The van der Waals surface area contributed by atoms with E-state index in [1.165, 1.54) is 0 Å². The van der Waals surface area contributed by atoms with Gasteiger partial charge in [0.1, 0.15) is 6.04 Å². The highest BCUT2D eigenvalue weighted by atomic mass is 16.2. The first-order chi connectivity index (χ1) is 12.6. The standard InChI is InChI=1S/C21H25N3O2/c1-15-8-6-11-18(16(15)2)23-20(25)19-12-7-13-24(19)21(26)22-14-17-9-4-3-5-10-17/h3-6,8-11,19H,7,12-14H2,1-2H3,(H,22,26)(H,23,25). The van der Waals surface area contributed by atoms with Crippen LogP contribution in [0.3, 0.4) is 0 Å². The van der Waals surface area contributed by atoms with Crippen molar-refractivity contribution in [1.29, 1.82) is 0 Å². The van der Waals surface area contributed by atoms with Crippen molar-refractivity contribution in [2.24, 2.45) is 0 Å². The Kier molecular flexibility index (Phi) is 5.56. The topological polar surface area (TPSA) is 61.4 Å². The SMILES string of the molecule is Cc1cccc(NC(=O)C2CCCN2C(=O)NCc2ccccc2)c1C. The zero-order valence-corrected chi connectivity index (χ0v) is 15.3. The van der Waals surface area contributed by atoms with Crippen LogP contribution in [0, 0.1) is 13.8 Å². The third-order valence-electron chi connectivity index (χ3n) is 4.97. The minimum atomic E-state index is -0.425. The second kappa shape index (κ2) is 8.04. The molecule has 2 N–H and O–H groups in total. The number of carbonyl (C=O) groups is 2. The molecule has 5 heteroatoms. The summed E-state index contributed by atoms with van der Waals surface area (Å²) in [7, 11) is 0. The molecule has 1 heterocycles. The van der Waals surface area contributed by atoms with E-state index >= 15 is 0 Å². The minimum absolute atomic E-state index is 0.119. The summed E-state index contributed by atoms with van der Waals surface area (Å²) in [6, 6.07) is 15.0. The second-order valence-corrected chi connectivity index (χ2v) is 6.73. The number of anilines is 1. The fourth-order valence-electron chi connectivity index (χ4n) is 3.26. The lowest BCUT2D eigenvalue weighted by Crippen LogP contribution is -2.47. The monoisotopic (exact) mass is 351 g/mol. The number of hydrogen-bond donors (Lipinski definition) is 2. The maximum atomic E-state index is 12.7. The Morgan fingerprint density at radius 1 is 1.08 bits per heavy atom. The minimum Gasteiger partial charge on any atom is -0.334 e. The second-order valence-electron chi connectivity index (χ2n) is 6.73. The molecule has 0 aromatic heterocycles. The Labute approximate surface area is 154 Å². The van der Waals surface area contributed by atoms with Gasteiger partial charge in [0.2, 0.25) is 5.91 Å². The predicted octanol–water partition coefficient (Wildman–Crippen LogP) is 3.62. The molecule has 1 aliphatic rings. The van der Waals surface area contributed by atoms with Crippen molar-refractivity contribution in [2.75, 3.05) is 11.9 Å². The molecule has 5 nitrogen and oxygen atoms in total. The molecule has 0 saturated carbocycles. The van der Waals surface area contributed by atoms with Gasteiger partial charge in [-0.15, -0.1) is 0 Å². The molecule has 1 saturated heterocycles. The van der Waals surface area contributed by atoms with E-state index in [1.54, 1.807) is 4.90 Å². The molecule has 3 rings (SSSR count). The lowest BCUT2D eigenvalue weighted by atomic mass is 10.1. The van der Waals surface area contributed by atoms with Gasteiger partial charge in [-0.3, -0.25) is 4.79 Å². The number of likely N-dealkylation sites (tertiary alicyclic amines) is 1. The van der Waals surface area contributed by atoms with Gasteiger partial charge in [0.25, 0.3) is 0 Å². The van der Waals surface area contributed by atoms with Crippen molar-refractivity contribution in [3.63, 3.8) is 0 Å². The van der Waals surface area contributed by atoms with Gasteiger partial charge in [0, 0.05) is 18.8 Å². The van der Waals surface area contributed by atoms with E-state index in [9.17, 15) is 9.59 Å². The lowest BCUT2D eigenvalue weighted by molar-refractivity contribution is -0.119. The number of urea groups is 1. The fourth-order valence-corrected chi connectivity index (χ4v) is 3.26. The van der Waals surface area contributed by atoms with Crippen LogP contribution >= 0.6 is 0 Å². The van der Waals surface area contributed by atoms with E-state index in [0.29, 0.717) is 19.5 Å². The van der Waals surface area contributed by atoms with E-state index in [2.05, 4.69) is 10.6 Å². The van der Waals surface area contributed by atoms with Crippen LogP contribution in [-0.2, 0) is 11.3 Å². The Bertz CT molecular complexity index is 789. The highest BCUT2D eigenvalue weighted by molar-refractivity contribution is 5.98. The van der Waals surface area contributed by atoms with Crippen LogP contribution < -0.4 is 10.6 Å². The van der Waals surface area contributed by atoms with Crippen LogP contribution in [0.15, 0.2) is 48.5 Å². The molecule has 2 aromatic carbocycles. The van der Waals surface area contributed by atoms with Gasteiger partial charge >= 0.3 is 6.03 Å². The average Bonchev–Trinajstić information content (AvgIpc) is 3.14. The number of nitrogens with one attached hydrogen (secondary N) is 2. The molecule has 1 fully saturated rings. The van der Waals surface area contributed by atoms with E-state index in [4.69, 9.17) is 0 Å². The molecule has 0 spiro atoms. The number of rotatable bonds is 4. The molecule has 0 radical (unpaired) electrons. The molecule has 1 unspecified atom stereocenters. The number of amides is 3. The van der Waals surface area contributed by atoms with Crippen LogP contribution in [0.2, 0.25) is 0 Å². The van der Waals surface area contributed by atoms with E-state index in [1.807, 2.05) is 62.4 Å². The average molecular weight is 351 g/mol. The highest BCUT2D eigenvalue weighted by Crippen LogP contribution is 2.22. The van der Waals surface area contributed by atoms with Crippen LogP contribution in [0.4, 0.5) is 10.5 Å². The molecule has 136 valence electrons. The lowest BCUT2D eigenvalue weighted by Gasteiger charge is -2.24. The Balaban J connectivity index is 1.62. The summed E-state index contributed by atoms with van der Waals surface area (Å²) >= 11 is 0. The molecular weight excluding hydrogens is 326 g/mol. The predicted molar refractivity (Wildman–Crippen MR) is 103 cm³/mol. The maximum absolute atomic E-state index is 12.7. The van der Waals surface area contributed by atoms with Crippen molar-refractivity contribution in [3.8, 4) is 0 Å². The first-order valence-electron chi connectivity index (χ1n) is 9.02. The van der Waals surface area contributed by atoms with E-state index < -0.39 is 6.04 Å². The van der Waals surface area contributed by atoms with Gasteiger partial charge < -0.3 is 15.5 Å². The largest absolute Gasteiger partial charge is 0.334 e. The number of benzene rings is 2. The molecule has 1 aliphatic heterocycles. The first-order valence-corrected chi connectivity index (χ1v) is 9.02. The van der Waals surface area contributed by atoms with Gasteiger partial charge in [-0.25, -0.2) is 4.79 Å². The Hall–Kier alpha value is -2.82. The summed E-state index contributed by atoms with van der Waals surface area (Å²) in [4.78, 5) is 26.9. The zero-order valence-electron chi connectivity index (χ0n) is 15.3. The molecule has 0 bridgehead atoms. The third-order valence-corrected chi connectivity index (χ3v) is 4.97. The van der Waals surface area contributed by atoms with Gasteiger partial charge in [0.05, 0.1) is 0 Å². The van der Waals surface area contributed by atoms with Crippen molar-refractivity contribution in [3.05, 3.63) is 65.2 Å². The fraction of sp³-hybridized carbons (Fsp3) is 0.333. The molecule has 3 amide bonds. The molecule has 1 atom stereocenters. The normalized spacial score (nSPS) is 16.4. The summed E-state index contributed by atoms with van der Waals surface area (Å²) < 4.78 is 0. The molecule has 26 heavy (non-hydrogen) atoms. The Morgan fingerprint density at radius 3 is 2.62 bits per heavy atom. The van der Waals surface area contributed by atoms with Gasteiger partial charge in [-0.05, 0) is 49.4 Å². The molecular formula is C21H25N3O2. The molecule has 0 aliphatic carbocycles. The number of nitrogens with zero attached hydrogens (tertiary/aromatic N) is 1. The van der Waals surface area contributed by atoms with Gasteiger partial charge in [-0.1, -0.05) is 42.5 Å². The number of carbonyl (C=O) groups excluding carboxylic acids is 2. The smallest absolute Gasteiger partial charge is 0.318 e. The summed E-state index contributed by atoms with van der Waals surface area (Å²) in [6.07, 6.45) is 1.53. The van der Waals surface area contributed by atoms with Crippen LogP contribution in [0.5, 0.6) is 0 Å². The third kappa shape index (κ3) is 4.04. The number of hydrogen-bond acceptors (Lipinski definition) is 2. The maximum Gasteiger partial charge on any atom is 0.318 e. The van der Waals surface area contributed by atoms with Crippen LogP contribution in [0.25, 0.3) is 0 Å².